The number of furan rings is 1. The van der Waals surface area contributed by atoms with Crippen molar-refractivity contribution in [2.75, 3.05) is 0 Å². The summed E-state index contributed by atoms with van der Waals surface area (Å²) < 4.78 is 37.0. The van der Waals surface area contributed by atoms with Gasteiger partial charge in [-0.05, 0) is 35.9 Å². The fraction of sp³-hybridized carbons (Fsp3) is 0.105. The van der Waals surface area contributed by atoms with Gasteiger partial charge in [0.2, 0.25) is 0 Å². The Morgan fingerprint density at radius 1 is 1.12 bits per heavy atom. The molecule has 0 radical (unpaired) electrons. The van der Waals surface area contributed by atoms with Crippen LogP contribution in [0.5, 0.6) is 5.75 Å². The van der Waals surface area contributed by atoms with Gasteiger partial charge in [0.15, 0.2) is 17.3 Å². The Morgan fingerprint density at radius 2 is 1.92 bits per heavy atom. The van der Waals surface area contributed by atoms with E-state index < -0.39 is 17.5 Å². The van der Waals surface area contributed by atoms with Crippen molar-refractivity contribution in [1.82, 2.24) is 5.32 Å². The van der Waals surface area contributed by atoms with Gasteiger partial charge in [-0.25, -0.2) is 8.78 Å². The largest absolute Gasteiger partial charge is 0.483 e. The summed E-state index contributed by atoms with van der Waals surface area (Å²) in [5, 5.41) is 3.26. The van der Waals surface area contributed by atoms with E-state index in [9.17, 15) is 13.6 Å². The maximum atomic E-state index is 13.5. The molecule has 4 nitrogen and oxygen atoms in total. The van der Waals surface area contributed by atoms with Crippen LogP contribution in [0, 0.1) is 11.6 Å². The van der Waals surface area contributed by atoms with Crippen molar-refractivity contribution in [1.29, 1.82) is 0 Å². The topological polar surface area (TPSA) is 51.5 Å². The number of rotatable bonds is 6. The summed E-state index contributed by atoms with van der Waals surface area (Å²) in [5.41, 5.74) is 0.782. The number of benzene rings is 2. The number of carbonyl (C=O) groups excluding carboxylic acids is 1. The second kappa shape index (κ2) is 8.01. The maximum absolute atomic E-state index is 13.5. The van der Waals surface area contributed by atoms with Gasteiger partial charge in [0.1, 0.15) is 18.2 Å². The average Bonchev–Trinajstić information content (AvgIpc) is 3.09. The minimum atomic E-state index is -0.811. The van der Waals surface area contributed by atoms with Crippen LogP contribution in [0.25, 0.3) is 0 Å². The molecule has 0 aliphatic rings. The Balaban J connectivity index is 1.57. The van der Waals surface area contributed by atoms with E-state index in [4.69, 9.17) is 20.8 Å². The van der Waals surface area contributed by atoms with E-state index in [0.717, 1.165) is 17.7 Å². The van der Waals surface area contributed by atoms with Gasteiger partial charge in [0, 0.05) is 17.6 Å². The van der Waals surface area contributed by atoms with Crippen LogP contribution in [0.4, 0.5) is 8.78 Å². The Labute approximate surface area is 153 Å². The summed E-state index contributed by atoms with van der Waals surface area (Å²) in [7, 11) is 0. The van der Waals surface area contributed by atoms with Gasteiger partial charge in [-0.1, -0.05) is 29.8 Å². The van der Waals surface area contributed by atoms with Crippen LogP contribution in [-0.4, -0.2) is 5.91 Å². The van der Waals surface area contributed by atoms with Crippen LogP contribution in [-0.2, 0) is 13.2 Å². The monoisotopic (exact) mass is 377 g/mol. The van der Waals surface area contributed by atoms with Crippen LogP contribution in [0.2, 0.25) is 5.02 Å². The predicted molar refractivity (Wildman–Crippen MR) is 92.0 cm³/mol. The zero-order valence-electron chi connectivity index (χ0n) is 13.5. The van der Waals surface area contributed by atoms with Crippen molar-refractivity contribution in [3.05, 3.63) is 88.3 Å². The van der Waals surface area contributed by atoms with Gasteiger partial charge >= 0.3 is 0 Å². The number of carbonyl (C=O) groups is 1. The highest BCUT2D eigenvalue weighted by atomic mass is 35.5. The zero-order chi connectivity index (χ0) is 18.5. The highest BCUT2D eigenvalue weighted by molar-refractivity contribution is 6.31. The summed E-state index contributed by atoms with van der Waals surface area (Å²) in [5.74, 6) is -1.59. The lowest BCUT2D eigenvalue weighted by atomic mass is 10.2. The van der Waals surface area contributed by atoms with Crippen molar-refractivity contribution < 1.29 is 22.7 Å². The molecule has 3 aromatic rings. The van der Waals surface area contributed by atoms with Gasteiger partial charge in [-0.2, -0.15) is 0 Å². The lowest BCUT2D eigenvalue weighted by molar-refractivity contribution is 0.0919. The second-order valence-electron chi connectivity index (χ2n) is 5.40. The Morgan fingerprint density at radius 3 is 2.69 bits per heavy atom. The first-order chi connectivity index (χ1) is 12.5. The molecule has 134 valence electrons. The first-order valence-electron chi connectivity index (χ1n) is 7.71. The summed E-state index contributed by atoms with van der Waals surface area (Å²) in [6.07, 6.45) is 0. The van der Waals surface area contributed by atoms with E-state index in [0.29, 0.717) is 10.8 Å². The number of ether oxygens (including phenoxy) is 1. The third kappa shape index (κ3) is 4.40. The fourth-order valence-electron chi connectivity index (χ4n) is 2.22. The molecule has 1 heterocycles. The molecule has 1 N–H and O–H groups in total. The average molecular weight is 378 g/mol. The third-order valence-corrected chi connectivity index (χ3v) is 3.92. The van der Waals surface area contributed by atoms with Crippen molar-refractivity contribution in [3.63, 3.8) is 0 Å². The maximum Gasteiger partial charge on any atom is 0.287 e. The molecule has 7 heteroatoms. The van der Waals surface area contributed by atoms with E-state index in [1.54, 1.807) is 24.3 Å². The molecule has 0 aliphatic heterocycles. The molecule has 0 saturated heterocycles. The molecule has 1 amide bonds. The number of hydrogen-bond donors (Lipinski definition) is 1. The minimum Gasteiger partial charge on any atom is -0.483 e. The van der Waals surface area contributed by atoms with Crippen molar-refractivity contribution in [2.24, 2.45) is 0 Å². The molecule has 0 unspecified atom stereocenters. The number of amides is 1. The summed E-state index contributed by atoms with van der Waals surface area (Å²) in [6, 6.07) is 13.2. The van der Waals surface area contributed by atoms with Crippen molar-refractivity contribution in [2.45, 2.75) is 13.2 Å². The van der Waals surface area contributed by atoms with Crippen LogP contribution in [0.3, 0.4) is 0 Å². The van der Waals surface area contributed by atoms with Gasteiger partial charge in [-0.3, -0.25) is 4.79 Å². The Bertz CT molecular complexity index is 927. The zero-order valence-corrected chi connectivity index (χ0v) is 14.2. The molecule has 0 aliphatic carbocycles. The van der Waals surface area contributed by atoms with Crippen LogP contribution >= 0.6 is 11.6 Å². The number of nitrogens with one attached hydrogen (secondary N) is 1. The number of hydrogen-bond acceptors (Lipinski definition) is 3. The highest BCUT2D eigenvalue weighted by Gasteiger charge is 2.13. The quantitative estimate of drug-likeness (QED) is 0.676. The van der Waals surface area contributed by atoms with E-state index in [2.05, 4.69) is 5.32 Å². The summed E-state index contributed by atoms with van der Waals surface area (Å²) in [4.78, 5) is 12.1. The molecule has 0 bridgehead atoms. The van der Waals surface area contributed by atoms with E-state index in [-0.39, 0.29) is 24.7 Å². The fourth-order valence-corrected chi connectivity index (χ4v) is 2.43. The van der Waals surface area contributed by atoms with Crippen molar-refractivity contribution in [3.8, 4) is 5.75 Å². The molecule has 0 fully saturated rings. The van der Waals surface area contributed by atoms with Crippen molar-refractivity contribution >= 4 is 17.5 Å². The molecule has 0 atom stereocenters. The minimum absolute atomic E-state index is 0.0928. The highest BCUT2D eigenvalue weighted by Crippen LogP contribution is 2.20. The van der Waals surface area contributed by atoms with Gasteiger partial charge in [0.25, 0.3) is 5.91 Å². The summed E-state index contributed by atoms with van der Waals surface area (Å²) in [6.45, 7) is 0.159. The van der Waals surface area contributed by atoms with E-state index in [1.807, 2.05) is 6.07 Å². The van der Waals surface area contributed by atoms with E-state index >= 15 is 0 Å². The predicted octanol–water partition coefficient (Wildman–Crippen LogP) is 4.72. The smallest absolute Gasteiger partial charge is 0.287 e. The molecule has 2 aromatic carbocycles. The standard InChI is InChI=1S/C19H14ClF2NO3/c20-15-4-2-1-3-12(15)10-23-19(24)18-8-6-14(26-18)11-25-17-7-5-13(21)9-16(17)22/h1-9H,10-11H2,(H,23,24). The van der Waals surface area contributed by atoms with Gasteiger partial charge < -0.3 is 14.5 Å². The first-order valence-corrected chi connectivity index (χ1v) is 8.09. The molecule has 0 saturated carbocycles. The first kappa shape index (κ1) is 17.9. The summed E-state index contributed by atoms with van der Waals surface area (Å²) >= 11 is 6.03. The SMILES string of the molecule is O=C(NCc1ccccc1Cl)c1ccc(COc2ccc(F)cc2F)o1. The Hall–Kier alpha value is -2.86. The molecule has 3 rings (SSSR count). The normalized spacial score (nSPS) is 10.6. The molecule has 0 spiro atoms. The van der Waals surface area contributed by atoms with Crippen LogP contribution in [0.1, 0.15) is 21.9 Å². The van der Waals surface area contributed by atoms with Gasteiger partial charge in [0.05, 0.1) is 0 Å². The van der Waals surface area contributed by atoms with Crippen LogP contribution in [0.15, 0.2) is 59.0 Å². The second-order valence-corrected chi connectivity index (χ2v) is 5.81. The molecular formula is C19H14ClF2NO3. The molecule has 1 aromatic heterocycles. The third-order valence-electron chi connectivity index (χ3n) is 3.55. The Kier molecular flexibility index (Phi) is 5.53. The van der Waals surface area contributed by atoms with Gasteiger partial charge in [-0.15, -0.1) is 0 Å². The van der Waals surface area contributed by atoms with E-state index in [1.165, 1.54) is 12.1 Å². The number of halogens is 3. The lowest BCUT2D eigenvalue weighted by Crippen LogP contribution is -2.22. The lowest BCUT2D eigenvalue weighted by Gasteiger charge is -2.06. The molecular weight excluding hydrogens is 364 g/mol. The van der Waals surface area contributed by atoms with Crippen LogP contribution < -0.4 is 10.1 Å². The molecule has 26 heavy (non-hydrogen) atoms.